The molecular formula is C24H31FN2O3S. The Labute approximate surface area is 187 Å². The first-order valence-electron chi connectivity index (χ1n) is 10.9. The van der Waals surface area contributed by atoms with Crippen LogP contribution in [0.1, 0.15) is 50.1 Å². The topological polar surface area (TPSA) is 49.9 Å². The second kappa shape index (κ2) is 10.8. The maximum Gasteiger partial charge on any atom is 0.242 e. The third-order valence-corrected chi connectivity index (χ3v) is 6.83. The molecule has 0 radical (unpaired) electrons. The minimum absolute atomic E-state index is 0.00515. The SMILES string of the molecule is CCC(=O)N(CC(=O)N1CCc2sccc2[C@@H]1COc1cccc(F)c1)C[C@@H](C)CC. The molecule has 0 aliphatic carbocycles. The Morgan fingerprint density at radius 2 is 2.13 bits per heavy atom. The van der Waals surface area contributed by atoms with Gasteiger partial charge in [-0.1, -0.05) is 33.3 Å². The Balaban J connectivity index is 1.76. The molecule has 1 aliphatic heterocycles. The minimum atomic E-state index is -0.357. The van der Waals surface area contributed by atoms with Gasteiger partial charge in [0, 0.05) is 30.5 Å². The van der Waals surface area contributed by atoms with Crippen LogP contribution >= 0.6 is 11.3 Å². The number of carbonyl (C=O) groups excluding carboxylic acids is 2. The Morgan fingerprint density at radius 3 is 2.84 bits per heavy atom. The van der Waals surface area contributed by atoms with E-state index in [4.69, 9.17) is 4.74 Å². The Kier molecular flexibility index (Phi) is 8.07. The number of halogens is 1. The molecule has 2 heterocycles. The lowest BCUT2D eigenvalue weighted by molar-refractivity contribution is -0.143. The summed E-state index contributed by atoms with van der Waals surface area (Å²) in [5.74, 6) is 0.336. The van der Waals surface area contributed by atoms with E-state index in [0.717, 1.165) is 18.4 Å². The quantitative estimate of drug-likeness (QED) is 0.562. The van der Waals surface area contributed by atoms with Crippen molar-refractivity contribution in [2.45, 2.75) is 46.1 Å². The Morgan fingerprint density at radius 1 is 1.32 bits per heavy atom. The normalized spacial score (nSPS) is 16.5. The van der Waals surface area contributed by atoms with Gasteiger partial charge in [-0.15, -0.1) is 11.3 Å². The van der Waals surface area contributed by atoms with E-state index >= 15 is 0 Å². The van der Waals surface area contributed by atoms with Gasteiger partial charge in [-0.3, -0.25) is 9.59 Å². The van der Waals surface area contributed by atoms with E-state index in [1.165, 1.54) is 17.0 Å². The molecule has 0 saturated heterocycles. The number of ether oxygens (including phenoxy) is 1. The monoisotopic (exact) mass is 446 g/mol. The molecule has 1 aromatic carbocycles. The molecule has 2 amide bonds. The van der Waals surface area contributed by atoms with Crippen LogP contribution in [0.3, 0.4) is 0 Å². The zero-order valence-electron chi connectivity index (χ0n) is 18.5. The average Bonchev–Trinajstić information content (AvgIpc) is 3.25. The standard InChI is InChI=1S/C24H31FN2O3S/c1-4-17(3)14-26(23(28)5-2)15-24(29)27-11-9-22-20(10-12-31-22)21(27)16-30-19-8-6-7-18(25)13-19/h6-8,10,12-13,17,21H,4-5,9,11,14-16H2,1-3H3/t17-,21-/m0/s1. The number of thiophene rings is 1. The average molecular weight is 447 g/mol. The van der Waals surface area contributed by atoms with Crippen LogP contribution in [-0.4, -0.2) is 47.9 Å². The van der Waals surface area contributed by atoms with Crippen LogP contribution in [0.2, 0.25) is 0 Å². The number of hydrogen-bond acceptors (Lipinski definition) is 4. The maximum absolute atomic E-state index is 13.5. The molecule has 0 unspecified atom stereocenters. The zero-order chi connectivity index (χ0) is 22.4. The number of amides is 2. The van der Waals surface area contributed by atoms with E-state index < -0.39 is 0 Å². The highest BCUT2D eigenvalue weighted by molar-refractivity contribution is 7.10. The summed E-state index contributed by atoms with van der Waals surface area (Å²) >= 11 is 1.68. The molecule has 2 aromatic rings. The van der Waals surface area contributed by atoms with E-state index in [1.807, 2.05) is 23.3 Å². The van der Waals surface area contributed by atoms with Crippen molar-refractivity contribution in [3.05, 3.63) is 52.0 Å². The van der Waals surface area contributed by atoms with Crippen molar-refractivity contribution in [1.29, 1.82) is 0 Å². The van der Waals surface area contributed by atoms with Crippen molar-refractivity contribution in [3.63, 3.8) is 0 Å². The summed E-state index contributed by atoms with van der Waals surface area (Å²) in [6, 6.07) is 7.81. The molecule has 0 fully saturated rings. The highest BCUT2D eigenvalue weighted by atomic mass is 32.1. The van der Waals surface area contributed by atoms with Crippen molar-refractivity contribution in [1.82, 2.24) is 9.80 Å². The van der Waals surface area contributed by atoms with E-state index in [1.54, 1.807) is 28.4 Å². The van der Waals surface area contributed by atoms with Crippen LogP contribution in [0.25, 0.3) is 0 Å². The first kappa shape index (κ1) is 23.3. The van der Waals surface area contributed by atoms with Crippen molar-refractivity contribution >= 4 is 23.2 Å². The Bertz CT molecular complexity index is 900. The van der Waals surface area contributed by atoms with E-state index in [-0.39, 0.29) is 36.8 Å². The largest absolute Gasteiger partial charge is 0.491 e. The van der Waals surface area contributed by atoms with Gasteiger partial charge in [-0.05, 0) is 41.5 Å². The molecule has 0 N–H and O–H groups in total. The van der Waals surface area contributed by atoms with Crippen LogP contribution in [0.4, 0.5) is 4.39 Å². The highest BCUT2D eigenvalue weighted by Crippen LogP contribution is 2.34. The molecule has 31 heavy (non-hydrogen) atoms. The summed E-state index contributed by atoms with van der Waals surface area (Å²) in [6.07, 6.45) is 2.13. The van der Waals surface area contributed by atoms with Gasteiger partial charge in [0.1, 0.15) is 18.2 Å². The first-order valence-corrected chi connectivity index (χ1v) is 11.8. The number of carbonyl (C=O) groups is 2. The maximum atomic E-state index is 13.5. The van der Waals surface area contributed by atoms with Gasteiger partial charge in [-0.2, -0.15) is 0 Å². The van der Waals surface area contributed by atoms with Gasteiger partial charge in [0.15, 0.2) is 0 Å². The highest BCUT2D eigenvalue weighted by Gasteiger charge is 2.33. The van der Waals surface area contributed by atoms with Crippen LogP contribution in [0.15, 0.2) is 35.7 Å². The summed E-state index contributed by atoms with van der Waals surface area (Å²) in [5.41, 5.74) is 1.08. The lowest BCUT2D eigenvalue weighted by atomic mass is 10.00. The van der Waals surface area contributed by atoms with Gasteiger partial charge < -0.3 is 14.5 Å². The van der Waals surface area contributed by atoms with Crippen molar-refractivity contribution < 1.29 is 18.7 Å². The van der Waals surface area contributed by atoms with Gasteiger partial charge in [0.2, 0.25) is 11.8 Å². The molecule has 1 aliphatic rings. The fourth-order valence-corrected chi connectivity index (χ4v) is 4.77. The number of nitrogens with zero attached hydrogens (tertiary/aromatic N) is 2. The predicted octanol–water partition coefficient (Wildman–Crippen LogP) is 4.68. The molecule has 0 saturated carbocycles. The van der Waals surface area contributed by atoms with Crippen molar-refractivity contribution in [2.75, 3.05) is 26.2 Å². The fourth-order valence-electron chi connectivity index (χ4n) is 3.84. The first-order chi connectivity index (χ1) is 14.9. The smallest absolute Gasteiger partial charge is 0.242 e. The van der Waals surface area contributed by atoms with Crippen LogP contribution in [-0.2, 0) is 16.0 Å². The molecule has 0 bridgehead atoms. The number of fused-ring (bicyclic) bond motifs is 1. The third kappa shape index (κ3) is 5.85. The lowest BCUT2D eigenvalue weighted by Gasteiger charge is -2.37. The second-order valence-corrected chi connectivity index (χ2v) is 9.06. The molecule has 168 valence electrons. The molecule has 2 atom stereocenters. The number of rotatable bonds is 9. The molecule has 3 rings (SSSR count). The number of hydrogen-bond donors (Lipinski definition) is 0. The minimum Gasteiger partial charge on any atom is -0.491 e. The van der Waals surface area contributed by atoms with Crippen LogP contribution in [0, 0.1) is 11.7 Å². The van der Waals surface area contributed by atoms with Gasteiger partial charge in [0.05, 0.1) is 12.6 Å². The molecule has 5 nitrogen and oxygen atoms in total. The van der Waals surface area contributed by atoms with E-state index in [9.17, 15) is 14.0 Å². The molecule has 1 aromatic heterocycles. The van der Waals surface area contributed by atoms with Gasteiger partial charge in [0.25, 0.3) is 0 Å². The fraction of sp³-hybridized carbons (Fsp3) is 0.500. The second-order valence-electron chi connectivity index (χ2n) is 8.06. The molecule has 0 spiro atoms. The zero-order valence-corrected chi connectivity index (χ0v) is 19.3. The van der Waals surface area contributed by atoms with Gasteiger partial charge >= 0.3 is 0 Å². The third-order valence-electron chi connectivity index (χ3n) is 5.83. The van der Waals surface area contributed by atoms with Crippen molar-refractivity contribution in [3.8, 4) is 5.75 Å². The summed E-state index contributed by atoms with van der Waals surface area (Å²) in [4.78, 5) is 30.5. The summed E-state index contributed by atoms with van der Waals surface area (Å²) in [7, 11) is 0. The van der Waals surface area contributed by atoms with Crippen LogP contribution < -0.4 is 4.74 Å². The summed E-state index contributed by atoms with van der Waals surface area (Å²) in [6.45, 7) is 7.49. The molecule has 7 heteroatoms. The van der Waals surface area contributed by atoms with E-state index in [2.05, 4.69) is 13.8 Å². The number of benzene rings is 1. The van der Waals surface area contributed by atoms with E-state index in [0.29, 0.717) is 31.2 Å². The summed E-state index contributed by atoms with van der Waals surface area (Å²) in [5, 5.41) is 2.03. The molecular weight excluding hydrogens is 415 g/mol. The predicted molar refractivity (Wildman–Crippen MR) is 121 cm³/mol. The summed E-state index contributed by atoms with van der Waals surface area (Å²) < 4.78 is 19.4. The van der Waals surface area contributed by atoms with Gasteiger partial charge in [-0.25, -0.2) is 4.39 Å². The lowest BCUT2D eigenvalue weighted by Crippen LogP contribution is -2.48. The van der Waals surface area contributed by atoms with Crippen molar-refractivity contribution in [2.24, 2.45) is 5.92 Å². The van der Waals surface area contributed by atoms with Crippen LogP contribution in [0.5, 0.6) is 5.75 Å². The Hall–Kier alpha value is -2.41.